The average Bonchev–Trinajstić information content (AvgIpc) is 3.03. The fourth-order valence-electron chi connectivity index (χ4n) is 2.67. The lowest BCUT2D eigenvalue weighted by molar-refractivity contribution is 0.481. The predicted molar refractivity (Wildman–Crippen MR) is 77.8 cm³/mol. The first-order valence-corrected chi connectivity index (χ1v) is 7.48. The van der Waals surface area contributed by atoms with Crippen LogP contribution in [-0.2, 0) is 13.0 Å². The van der Waals surface area contributed by atoms with Gasteiger partial charge in [0.2, 0.25) is 0 Å². The average molecular weight is 321 g/mol. The number of nitrogens with zero attached hydrogens (tertiary/aromatic N) is 3. The SMILES string of the molecule is Brc1ccc2c(c1)CCC2NCCCn1ccnn1. The molecule has 0 radical (unpaired) electrons. The molecule has 1 atom stereocenters. The van der Waals surface area contributed by atoms with Gasteiger partial charge >= 0.3 is 0 Å². The van der Waals surface area contributed by atoms with Crippen LogP contribution in [0.2, 0.25) is 0 Å². The van der Waals surface area contributed by atoms with E-state index in [4.69, 9.17) is 0 Å². The topological polar surface area (TPSA) is 42.7 Å². The zero-order valence-corrected chi connectivity index (χ0v) is 12.3. The zero-order valence-electron chi connectivity index (χ0n) is 10.7. The zero-order chi connectivity index (χ0) is 13.1. The van der Waals surface area contributed by atoms with Crippen molar-refractivity contribution in [3.05, 3.63) is 46.2 Å². The Bertz CT molecular complexity index is 538. The molecule has 1 aromatic heterocycles. The molecule has 0 bridgehead atoms. The fourth-order valence-corrected chi connectivity index (χ4v) is 3.08. The van der Waals surface area contributed by atoms with E-state index in [-0.39, 0.29) is 0 Å². The third-order valence-corrected chi connectivity index (χ3v) is 4.10. The second-order valence-electron chi connectivity index (χ2n) is 4.91. The summed E-state index contributed by atoms with van der Waals surface area (Å²) in [5.41, 5.74) is 2.94. The molecule has 1 N–H and O–H groups in total. The molecular formula is C14H17BrN4. The molecule has 1 aromatic carbocycles. The molecule has 0 spiro atoms. The first-order valence-electron chi connectivity index (χ1n) is 6.69. The molecule has 2 aromatic rings. The largest absolute Gasteiger partial charge is 0.310 e. The van der Waals surface area contributed by atoms with Crippen LogP contribution in [0.1, 0.15) is 30.0 Å². The molecule has 1 unspecified atom stereocenters. The van der Waals surface area contributed by atoms with E-state index < -0.39 is 0 Å². The van der Waals surface area contributed by atoms with Crippen LogP contribution in [0.25, 0.3) is 0 Å². The van der Waals surface area contributed by atoms with Crippen molar-refractivity contribution in [1.82, 2.24) is 20.3 Å². The highest BCUT2D eigenvalue weighted by Crippen LogP contribution is 2.32. The van der Waals surface area contributed by atoms with Gasteiger partial charge in [0.05, 0.1) is 6.20 Å². The van der Waals surface area contributed by atoms with Gasteiger partial charge in [0, 0.05) is 23.3 Å². The Morgan fingerprint density at radius 2 is 2.37 bits per heavy atom. The number of hydrogen-bond donors (Lipinski definition) is 1. The minimum absolute atomic E-state index is 0.513. The molecular weight excluding hydrogens is 304 g/mol. The van der Waals surface area contributed by atoms with Crippen LogP contribution in [0, 0.1) is 0 Å². The fraction of sp³-hybridized carbons (Fsp3) is 0.429. The van der Waals surface area contributed by atoms with Crippen LogP contribution in [0.15, 0.2) is 35.1 Å². The lowest BCUT2D eigenvalue weighted by Crippen LogP contribution is -2.21. The molecule has 3 rings (SSSR count). The van der Waals surface area contributed by atoms with E-state index in [1.165, 1.54) is 28.4 Å². The number of halogens is 1. The molecule has 0 saturated heterocycles. The monoisotopic (exact) mass is 320 g/mol. The highest BCUT2D eigenvalue weighted by atomic mass is 79.9. The summed E-state index contributed by atoms with van der Waals surface area (Å²) in [7, 11) is 0. The molecule has 0 saturated carbocycles. The quantitative estimate of drug-likeness (QED) is 0.861. The van der Waals surface area contributed by atoms with Gasteiger partial charge in [-0.3, -0.25) is 4.68 Å². The van der Waals surface area contributed by atoms with E-state index in [2.05, 4.69) is 49.8 Å². The van der Waals surface area contributed by atoms with Gasteiger partial charge in [-0.2, -0.15) is 0 Å². The first kappa shape index (κ1) is 12.8. The molecule has 100 valence electrons. The Labute approximate surface area is 121 Å². The molecule has 1 heterocycles. The smallest absolute Gasteiger partial charge is 0.0692 e. The van der Waals surface area contributed by atoms with Crippen molar-refractivity contribution in [3.63, 3.8) is 0 Å². The molecule has 19 heavy (non-hydrogen) atoms. The van der Waals surface area contributed by atoms with Crippen LogP contribution in [0.5, 0.6) is 0 Å². The van der Waals surface area contributed by atoms with E-state index in [9.17, 15) is 0 Å². The van der Waals surface area contributed by atoms with Crippen molar-refractivity contribution in [2.75, 3.05) is 6.54 Å². The lowest BCUT2D eigenvalue weighted by atomic mass is 10.1. The number of rotatable bonds is 5. The van der Waals surface area contributed by atoms with Gasteiger partial charge in [0.25, 0.3) is 0 Å². The highest BCUT2D eigenvalue weighted by Gasteiger charge is 2.21. The number of nitrogens with one attached hydrogen (secondary N) is 1. The summed E-state index contributed by atoms with van der Waals surface area (Å²) in [5.74, 6) is 0. The molecule has 1 aliphatic rings. The van der Waals surface area contributed by atoms with Crippen molar-refractivity contribution >= 4 is 15.9 Å². The Balaban J connectivity index is 1.50. The third kappa shape index (κ3) is 3.04. The highest BCUT2D eigenvalue weighted by molar-refractivity contribution is 9.10. The third-order valence-electron chi connectivity index (χ3n) is 3.61. The lowest BCUT2D eigenvalue weighted by Gasteiger charge is -2.14. The Kier molecular flexibility index (Phi) is 3.94. The second kappa shape index (κ2) is 5.84. The van der Waals surface area contributed by atoms with Gasteiger partial charge in [-0.25, -0.2) is 0 Å². The maximum absolute atomic E-state index is 3.96. The van der Waals surface area contributed by atoms with Crippen LogP contribution >= 0.6 is 15.9 Å². The molecule has 4 nitrogen and oxygen atoms in total. The van der Waals surface area contributed by atoms with Gasteiger partial charge < -0.3 is 5.32 Å². The molecule has 1 aliphatic carbocycles. The summed E-state index contributed by atoms with van der Waals surface area (Å²) in [5, 5.41) is 11.4. The summed E-state index contributed by atoms with van der Waals surface area (Å²) in [6.07, 6.45) is 7.08. The van der Waals surface area contributed by atoms with Gasteiger partial charge in [-0.15, -0.1) is 5.10 Å². The summed E-state index contributed by atoms with van der Waals surface area (Å²) < 4.78 is 3.06. The van der Waals surface area contributed by atoms with Crippen LogP contribution in [0.4, 0.5) is 0 Å². The van der Waals surface area contributed by atoms with Crippen LogP contribution in [-0.4, -0.2) is 21.5 Å². The van der Waals surface area contributed by atoms with E-state index in [0.29, 0.717) is 6.04 Å². The maximum Gasteiger partial charge on any atom is 0.0692 e. The van der Waals surface area contributed by atoms with Gasteiger partial charge in [-0.05, 0) is 49.1 Å². The van der Waals surface area contributed by atoms with Gasteiger partial charge in [0.1, 0.15) is 0 Å². The summed E-state index contributed by atoms with van der Waals surface area (Å²) in [6, 6.07) is 7.13. The Morgan fingerprint density at radius 1 is 1.42 bits per heavy atom. The summed E-state index contributed by atoms with van der Waals surface area (Å²) in [4.78, 5) is 0. The Hall–Kier alpha value is -1.20. The Morgan fingerprint density at radius 3 is 3.21 bits per heavy atom. The van der Waals surface area contributed by atoms with Crippen molar-refractivity contribution in [3.8, 4) is 0 Å². The van der Waals surface area contributed by atoms with Gasteiger partial charge in [-0.1, -0.05) is 27.2 Å². The molecule has 0 amide bonds. The molecule has 0 aliphatic heterocycles. The standard InChI is InChI=1S/C14H17BrN4/c15-12-3-4-13-11(10-12)2-5-14(13)16-6-1-8-19-9-7-17-18-19/h3-4,7,9-10,14,16H,1-2,5-6,8H2. The van der Waals surface area contributed by atoms with E-state index >= 15 is 0 Å². The van der Waals surface area contributed by atoms with Crippen molar-refractivity contribution < 1.29 is 0 Å². The minimum atomic E-state index is 0.513. The van der Waals surface area contributed by atoms with E-state index in [1.54, 1.807) is 6.20 Å². The van der Waals surface area contributed by atoms with Crippen molar-refractivity contribution in [2.45, 2.75) is 31.8 Å². The van der Waals surface area contributed by atoms with Crippen LogP contribution < -0.4 is 5.32 Å². The van der Waals surface area contributed by atoms with E-state index in [0.717, 1.165) is 19.5 Å². The van der Waals surface area contributed by atoms with Crippen molar-refractivity contribution in [2.24, 2.45) is 0 Å². The van der Waals surface area contributed by atoms with E-state index in [1.807, 2.05) is 10.9 Å². The normalized spacial score (nSPS) is 17.6. The summed E-state index contributed by atoms with van der Waals surface area (Å²) in [6.45, 7) is 1.94. The number of aromatic nitrogens is 3. The minimum Gasteiger partial charge on any atom is -0.310 e. The molecule has 0 fully saturated rings. The second-order valence-corrected chi connectivity index (χ2v) is 5.82. The first-order chi connectivity index (χ1) is 9.33. The van der Waals surface area contributed by atoms with Crippen LogP contribution in [0.3, 0.4) is 0 Å². The van der Waals surface area contributed by atoms with Gasteiger partial charge in [0.15, 0.2) is 0 Å². The number of aryl methyl sites for hydroxylation is 2. The predicted octanol–water partition coefficient (Wildman–Crippen LogP) is 2.71. The maximum atomic E-state index is 3.96. The number of fused-ring (bicyclic) bond motifs is 1. The van der Waals surface area contributed by atoms with Crippen molar-refractivity contribution in [1.29, 1.82) is 0 Å². The number of hydrogen-bond acceptors (Lipinski definition) is 3. The number of benzene rings is 1. The summed E-state index contributed by atoms with van der Waals surface area (Å²) >= 11 is 3.53. The molecule has 5 heteroatoms.